The molecule has 0 bridgehead atoms. The Hall–Kier alpha value is -1.77. The van der Waals surface area contributed by atoms with E-state index in [4.69, 9.17) is 4.74 Å². The summed E-state index contributed by atoms with van der Waals surface area (Å²) >= 11 is 0. The van der Waals surface area contributed by atoms with Crippen molar-refractivity contribution in [1.82, 2.24) is 0 Å². The molecule has 1 N–H and O–H groups in total. The van der Waals surface area contributed by atoms with Crippen molar-refractivity contribution in [2.45, 2.75) is 19.8 Å². The van der Waals surface area contributed by atoms with Gasteiger partial charge in [0.1, 0.15) is 0 Å². The summed E-state index contributed by atoms with van der Waals surface area (Å²) in [7, 11) is 1.46. The zero-order valence-corrected chi connectivity index (χ0v) is 10.3. The fourth-order valence-corrected chi connectivity index (χ4v) is 1.65. The van der Waals surface area contributed by atoms with E-state index < -0.39 is 0 Å². The number of phenols is 1. The van der Waals surface area contributed by atoms with E-state index in [-0.39, 0.29) is 17.5 Å². The van der Waals surface area contributed by atoms with Gasteiger partial charge in [0.2, 0.25) is 0 Å². The summed E-state index contributed by atoms with van der Waals surface area (Å²) in [6.07, 6.45) is 3.31. The Labute approximate surface area is 102 Å². The van der Waals surface area contributed by atoms with Crippen molar-refractivity contribution >= 4 is 5.78 Å². The molecule has 0 aliphatic rings. The first kappa shape index (κ1) is 13.3. The number of para-hydroxylation sites is 1. The number of hydrogen-bond acceptors (Lipinski definition) is 3. The Bertz CT molecular complexity index is 410. The van der Waals surface area contributed by atoms with Crippen LogP contribution in [0.3, 0.4) is 0 Å². The van der Waals surface area contributed by atoms with Gasteiger partial charge in [0.15, 0.2) is 17.3 Å². The largest absolute Gasteiger partial charge is 0.504 e. The maximum absolute atomic E-state index is 12.1. The van der Waals surface area contributed by atoms with Crippen molar-refractivity contribution in [3.8, 4) is 11.5 Å². The molecular weight excluding hydrogens is 216 g/mol. The van der Waals surface area contributed by atoms with E-state index in [1.165, 1.54) is 7.11 Å². The van der Waals surface area contributed by atoms with Gasteiger partial charge in [-0.15, -0.1) is 6.58 Å². The molecule has 0 heterocycles. The molecule has 1 rings (SSSR count). The summed E-state index contributed by atoms with van der Waals surface area (Å²) in [5.74, 6) is 0.0477. The average Bonchev–Trinajstić information content (AvgIpc) is 2.35. The molecule has 0 spiro atoms. The monoisotopic (exact) mass is 234 g/mol. The highest BCUT2D eigenvalue weighted by Crippen LogP contribution is 2.31. The van der Waals surface area contributed by atoms with Gasteiger partial charge < -0.3 is 9.84 Å². The normalized spacial score (nSPS) is 11.9. The third kappa shape index (κ3) is 3.09. The van der Waals surface area contributed by atoms with Crippen molar-refractivity contribution in [2.24, 2.45) is 5.92 Å². The number of ketones is 1. The SMILES string of the molecule is C=CCCC(C)C(=O)c1cccc(OC)c1O. The highest BCUT2D eigenvalue weighted by atomic mass is 16.5. The lowest BCUT2D eigenvalue weighted by molar-refractivity contribution is 0.0921. The molecule has 0 aliphatic heterocycles. The van der Waals surface area contributed by atoms with Crippen LogP contribution < -0.4 is 4.74 Å². The van der Waals surface area contributed by atoms with Gasteiger partial charge in [0.25, 0.3) is 0 Å². The van der Waals surface area contributed by atoms with Gasteiger partial charge in [0.05, 0.1) is 12.7 Å². The number of carbonyl (C=O) groups excluding carboxylic acids is 1. The van der Waals surface area contributed by atoms with Crippen molar-refractivity contribution in [1.29, 1.82) is 0 Å². The Morgan fingerprint density at radius 1 is 1.59 bits per heavy atom. The second kappa shape index (κ2) is 6.09. The summed E-state index contributed by atoms with van der Waals surface area (Å²) in [5, 5.41) is 9.87. The molecule has 0 saturated carbocycles. The number of methoxy groups -OCH3 is 1. The third-order valence-corrected chi connectivity index (χ3v) is 2.74. The summed E-state index contributed by atoms with van der Waals surface area (Å²) in [4.78, 5) is 12.1. The van der Waals surface area contributed by atoms with Gasteiger partial charge in [-0.3, -0.25) is 4.79 Å². The minimum atomic E-state index is -0.133. The molecule has 0 aromatic heterocycles. The molecule has 1 atom stereocenters. The average molecular weight is 234 g/mol. The highest BCUT2D eigenvalue weighted by Gasteiger charge is 2.19. The van der Waals surface area contributed by atoms with E-state index in [9.17, 15) is 9.90 Å². The van der Waals surface area contributed by atoms with Gasteiger partial charge >= 0.3 is 0 Å². The molecule has 0 aliphatic carbocycles. The molecule has 92 valence electrons. The molecule has 1 aromatic carbocycles. The topological polar surface area (TPSA) is 46.5 Å². The number of rotatable bonds is 6. The lowest BCUT2D eigenvalue weighted by atomic mass is 9.94. The van der Waals surface area contributed by atoms with Crippen molar-refractivity contribution in [3.05, 3.63) is 36.4 Å². The molecule has 0 amide bonds. The highest BCUT2D eigenvalue weighted by molar-refractivity contribution is 6.00. The molecule has 3 heteroatoms. The zero-order valence-electron chi connectivity index (χ0n) is 10.3. The van der Waals surface area contributed by atoms with E-state index in [2.05, 4.69) is 6.58 Å². The van der Waals surface area contributed by atoms with E-state index in [0.29, 0.717) is 11.3 Å². The minimum Gasteiger partial charge on any atom is -0.504 e. The fourth-order valence-electron chi connectivity index (χ4n) is 1.65. The number of hydrogen-bond donors (Lipinski definition) is 1. The van der Waals surface area contributed by atoms with Crippen molar-refractivity contribution < 1.29 is 14.6 Å². The second-order valence-electron chi connectivity index (χ2n) is 3.99. The Morgan fingerprint density at radius 2 is 2.29 bits per heavy atom. The molecule has 0 radical (unpaired) electrons. The number of ether oxygens (including phenoxy) is 1. The summed E-state index contributed by atoms with van der Waals surface area (Å²) in [6.45, 7) is 5.48. The number of allylic oxidation sites excluding steroid dienone is 1. The van der Waals surface area contributed by atoms with Crippen molar-refractivity contribution in [2.75, 3.05) is 7.11 Å². The zero-order chi connectivity index (χ0) is 12.8. The van der Waals surface area contributed by atoms with Crippen LogP contribution in [0.1, 0.15) is 30.1 Å². The van der Waals surface area contributed by atoms with Gasteiger partial charge in [-0.2, -0.15) is 0 Å². The Morgan fingerprint density at radius 3 is 2.88 bits per heavy atom. The number of benzene rings is 1. The van der Waals surface area contributed by atoms with Gasteiger partial charge in [-0.25, -0.2) is 0 Å². The van der Waals surface area contributed by atoms with Crippen LogP contribution in [0.5, 0.6) is 11.5 Å². The summed E-state index contributed by atoms with van der Waals surface area (Å²) < 4.78 is 4.98. The summed E-state index contributed by atoms with van der Waals surface area (Å²) in [6, 6.07) is 4.94. The van der Waals surface area contributed by atoms with E-state index in [0.717, 1.165) is 12.8 Å². The van der Waals surface area contributed by atoms with Crippen LogP contribution in [0, 0.1) is 5.92 Å². The minimum absolute atomic E-state index is 0.0664. The standard InChI is InChI=1S/C14H18O3/c1-4-5-7-10(2)13(15)11-8-6-9-12(17-3)14(11)16/h4,6,8-10,16H,1,5,7H2,2-3H3. The first-order valence-corrected chi connectivity index (χ1v) is 5.62. The number of aromatic hydroxyl groups is 1. The molecule has 0 fully saturated rings. The van der Waals surface area contributed by atoms with E-state index in [1.807, 2.05) is 6.92 Å². The predicted octanol–water partition coefficient (Wildman–Crippen LogP) is 3.19. The van der Waals surface area contributed by atoms with Gasteiger partial charge in [-0.1, -0.05) is 19.1 Å². The van der Waals surface area contributed by atoms with Gasteiger partial charge in [-0.05, 0) is 25.0 Å². The Kier molecular flexibility index (Phi) is 4.76. The lowest BCUT2D eigenvalue weighted by Crippen LogP contribution is -2.11. The number of Topliss-reactive ketones (excluding diaryl/α,β-unsaturated/α-hetero) is 1. The molecule has 1 aromatic rings. The maximum Gasteiger partial charge on any atom is 0.169 e. The van der Waals surface area contributed by atoms with Crippen LogP contribution >= 0.6 is 0 Å². The number of carbonyl (C=O) groups is 1. The number of phenolic OH excluding ortho intramolecular Hbond substituents is 1. The summed E-state index contributed by atoms with van der Waals surface area (Å²) in [5.41, 5.74) is 0.320. The van der Waals surface area contributed by atoms with Crippen LogP contribution in [-0.4, -0.2) is 18.0 Å². The van der Waals surface area contributed by atoms with Crippen LogP contribution in [0.25, 0.3) is 0 Å². The molecule has 17 heavy (non-hydrogen) atoms. The van der Waals surface area contributed by atoms with Crippen LogP contribution in [-0.2, 0) is 0 Å². The molecular formula is C14H18O3. The van der Waals surface area contributed by atoms with Crippen molar-refractivity contribution in [3.63, 3.8) is 0 Å². The quantitative estimate of drug-likeness (QED) is 0.607. The van der Waals surface area contributed by atoms with E-state index in [1.54, 1.807) is 24.3 Å². The predicted molar refractivity (Wildman–Crippen MR) is 67.6 cm³/mol. The first-order chi connectivity index (χ1) is 8.11. The van der Waals surface area contributed by atoms with Crippen LogP contribution in [0.15, 0.2) is 30.9 Å². The molecule has 1 unspecified atom stereocenters. The molecule has 3 nitrogen and oxygen atoms in total. The second-order valence-corrected chi connectivity index (χ2v) is 3.99. The van der Waals surface area contributed by atoms with Crippen LogP contribution in [0.4, 0.5) is 0 Å². The van der Waals surface area contributed by atoms with Crippen LogP contribution in [0.2, 0.25) is 0 Å². The lowest BCUT2D eigenvalue weighted by Gasteiger charge is -2.12. The Balaban J connectivity index is 2.92. The smallest absolute Gasteiger partial charge is 0.169 e. The maximum atomic E-state index is 12.1. The first-order valence-electron chi connectivity index (χ1n) is 5.62. The molecule has 0 saturated heterocycles. The van der Waals surface area contributed by atoms with E-state index >= 15 is 0 Å². The third-order valence-electron chi connectivity index (χ3n) is 2.74. The van der Waals surface area contributed by atoms with Gasteiger partial charge in [0, 0.05) is 5.92 Å². The fraction of sp³-hybridized carbons (Fsp3) is 0.357.